The number of methoxy groups -OCH3 is 1. The van der Waals surface area contributed by atoms with E-state index in [2.05, 4.69) is 36.2 Å². The van der Waals surface area contributed by atoms with Gasteiger partial charge >= 0.3 is 0 Å². The maximum Gasteiger partial charge on any atom is 0.227 e. The van der Waals surface area contributed by atoms with Crippen LogP contribution < -0.4 is 5.32 Å². The van der Waals surface area contributed by atoms with Gasteiger partial charge in [-0.1, -0.05) is 19.0 Å². The van der Waals surface area contributed by atoms with Crippen molar-refractivity contribution in [1.82, 2.24) is 15.5 Å². The van der Waals surface area contributed by atoms with E-state index in [0.29, 0.717) is 24.6 Å². The van der Waals surface area contributed by atoms with E-state index < -0.39 is 0 Å². The number of carbonyl (C=O) groups is 1. The van der Waals surface area contributed by atoms with Crippen LogP contribution in [0.25, 0.3) is 0 Å². The predicted octanol–water partition coefficient (Wildman–Crippen LogP) is 1.63. The third kappa shape index (κ3) is 2.57. The molecule has 2 rings (SSSR count). The number of hydrogen-bond acceptors (Lipinski definition) is 5. The molecule has 1 heterocycles. The summed E-state index contributed by atoms with van der Waals surface area (Å²) in [6, 6.07) is 0.143. The molecule has 1 fully saturated rings. The van der Waals surface area contributed by atoms with Crippen molar-refractivity contribution in [3.63, 3.8) is 0 Å². The summed E-state index contributed by atoms with van der Waals surface area (Å²) in [7, 11) is 1.72. The van der Waals surface area contributed by atoms with Gasteiger partial charge in [0.15, 0.2) is 5.82 Å². The Morgan fingerprint density at radius 1 is 1.50 bits per heavy atom. The molecule has 1 amide bonds. The minimum atomic E-state index is -0.172. The second-order valence-electron chi connectivity index (χ2n) is 6.22. The van der Waals surface area contributed by atoms with Crippen LogP contribution in [0.4, 0.5) is 0 Å². The fourth-order valence-corrected chi connectivity index (χ4v) is 2.65. The van der Waals surface area contributed by atoms with Crippen LogP contribution in [0, 0.1) is 12.3 Å². The molecule has 2 atom stereocenters. The van der Waals surface area contributed by atoms with Crippen LogP contribution in [0.1, 0.15) is 45.3 Å². The second kappa shape index (κ2) is 5.16. The smallest absolute Gasteiger partial charge is 0.227 e. The molecule has 6 nitrogen and oxygen atoms in total. The van der Waals surface area contributed by atoms with Crippen molar-refractivity contribution in [1.29, 1.82) is 0 Å². The number of aromatic nitrogens is 2. The summed E-state index contributed by atoms with van der Waals surface area (Å²) in [5.74, 6) is 1.11. The molecule has 0 saturated heterocycles. The van der Waals surface area contributed by atoms with Crippen molar-refractivity contribution in [2.45, 2.75) is 58.6 Å². The van der Waals surface area contributed by atoms with Crippen molar-refractivity contribution in [3.05, 3.63) is 11.7 Å². The highest BCUT2D eigenvalue weighted by molar-refractivity contribution is 5.76. The summed E-state index contributed by atoms with van der Waals surface area (Å²) in [6.07, 6.45) is 1.67. The largest absolute Gasteiger partial charge is 0.378 e. The van der Waals surface area contributed by atoms with E-state index in [0.717, 1.165) is 6.42 Å². The van der Waals surface area contributed by atoms with Crippen LogP contribution in [-0.4, -0.2) is 34.8 Å². The number of ether oxygens (including phenoxy) is 1. The molecule has 0 radical (unpaired) electrons. The molecule has 6 heteroatoms. The number of aryl methyl sites for hydroxylation is 2. The maximum atomic E-state index is 12.0. The average Bonchev–Trinajstić information content (AvgIpc) is 2.81. The summed E-state index contributed by atoms with van der Waals surface area (Å²) in [5.41, 5.74) is -0.243. The molecule has 0 spiro atoms. The molecule has 1 aromatic rings. The van der Waals surface area contributed by atoms with Gasteiger partial charge in [-0.05, 0) is 20.3 Å². The Morgan fingerprint density at radius 2 is 2.20 bits per heavy atom. The average molecular weight is 281 g/mol. The molecular weight excluding hydrogens is 258 g/mol. The lowest BCUT2D eigenvalue weighted by atomic mass is 9.56. The summed E-state index contributed by atoms with van der Waals surface area (Å²) in [5, 5.41) is 6.77. The molecule has 1 aliphatic carbocycles. The first-order valence-electron chi connectivity index (χ1n) is 6.92. The fourth-order valence-electron chi connectivity index (χ4n) is 2.65. The molecule has 20 heavy (non-hydrogen) atoms. The highest BCUT2D eigenvalue weighted by Gasteiger charge is 2.58. The van der Waals surface area contributed by atoms with E-state index >= 15 is 0 Å². The molecule has 0 bridgehead atoms. The first kappa shape index (κ1) is 15.0. The Balaban J connectivity index is 1.81. The lowest BCUT2D eigenvalue weighted by Crippen LogP contribution is -2.68. The lowest BCUT2D eigenvalue weighted by Gasteiger charge is -2.59. The van der Waals surface area contributed by atoms with Crippen molar-refractivity contribution in [3.8, 4) is 0 Å². The standard InChI is InChI=1S/C14H23N3O3/c1-9-15-12(20-17-9)7-6-11(18)16-10-8-14(4,19-5)13(10,2)3/h10H,6-8H2,1-5H3,(H,16,18)/t10-,14-/m0/s1. The quantitative estimate of drug-likeness (QED) is 0.887. The van der Waals surface area contributed by atoms with Gasteiger partial charge < -0.3 is 14.6 Å². The highest BCUT2D eigenvalue weighted by Crippen LogP contribution is 2.51. The Hall–Kier alpha value is -1.43. The summed E-state index contributed by atoms with van der Waals surface area (Å²) >= 11 is 0. The summed E-state index contributed by atoms with van der Waals surface area (Å²) in [4.78, 5) is 16.1. The molecule has 0 aliphatic heterocycles. The number of nitrogens with one attached hydrogen (secondary N) is 1. The summed E-state index contributed by atoms with van der Waals surface area (Å²) < 4.78 is 10.5. The van der Waals surface area contributed by atoms with Gasteiger partial charge in [-0.25, -0.2) is 0 Å². The van der Waals surface area contributed by atoms with E-state index in [9.17, 15) is 4.79 Å². The third-order valence-electron chi connectivity index (χ3n) is 4.75. The Morgan fingerprint density at radius 3 is 2.70 bits per heavy atom. The van der Waals surface area contributed by atoms with Gasteiger partial charge in [-0.2, -0.15) is 4.98 Å². The molecule has 0 unspecified atom stereocenters. The minimum absolute atomic E-state index is 0.0112. The van der Waals surface area contributed by atoms with Crippen molar-refractivity contribution in [2.24, 2.45) is 5.41 Å². The number of amides is 1. The minimum Gasteiger partial charge on any atom is -0.378 e. The Kier molecular flexibility index (Phi) is 3.86. The van der Waals surface area contributed by atoms with Crippen LogP contribution in [0.5, 0.6) is 0 Å². The van der Waals surface area contributed by atoms with Crippen LogP contribution in [-0.2, 0) is 16.0 Å². The molecular formula is C14H23N3O3. The van der Waals surface area contributed by atoms with Gasteiger partial charge in [-0.3, -0.25) is 4.79 Å². The van der Waals surface area contributed by atoms with Crippen LogP contribution in [0.3, 0.4) is 0 Å². The van der Waals surface area contributed by atoms with E-state index in [4.69, 9.17) is 9.26 Å². The Labute approximate surface area is 119 Å². The van der Waals surface area contributed by atoms with Crippen molar-refractivity contribution in [2.75, 3.05) is 7.11 Å². The summed E-state index contributed by atoms with van der Waals surface area (Å²) in [6.45, 7) is 8.07. The van der Waals surface area contributed by atoms with Crippen LogP contribution in [0.15, 0.2) is 4.52 Å². The van der Waals surface area contributed by atoms with Gasteiger partial charge in [-0.15, -0.1) is 0 Å². The molecule has 112 valence electrons. The van der Waals surface area contributed by atoms with Gasteiger partial charge in [0.2, 0.25) is 11.8 Å². The van der Waals surface area contributed by atoms with E-state index in [1.807, 2.05) is 0 Å². The maximum absolute atomic E-state index is 12.0. The van der Waals surface area contributed by atoms with Crippen molar-refractivity contribution < 1.29 is 14.1 Å². The van der Waals surface area contributed by atoms with Crippen LogP contribution >= 0.6 is 0 Å². The zero-order valence-electron chi connectivity index (χ0n) is 12.8. The van der Waals surface area contributed by atoms with E-state index in [1.54, 1.807) is 14.0 Å². The third-order valence-corrected chi connectivity index (χ3v) is 4.75. The topological polar surface area (TPSA) is 77.2 Å². The first-order valence-corrected chi connectivity index (χ1v) is 6.92. The second-order valence-corrected chi connectivity index (χ2v) is 6.22. The van der Waals surface area contributed by atoms with Gasteiger partial charge in [0.1, 0.15) is 0 Å². The van der Waals surface area contributed by atoms with E-state index in [-0.39, 0.29) is 23.0 Å². The number of hydrogen-bond donors (Lipinski definition) is 1. The Bertz CT molecular complexity index is 498. The highest BCUT2D eigenvalue weighted by atomic mass is 16.5. The number of carbonyl (C=O) groups excluding carboxylic acids is 1. The van der Waals surface area contributed by atoms with Gasteiger partial charge in [0, 0.05) is 31.4 Å². The number of nitrogens with zero attached hydrogens (tertiary/aromatic N) is 2. The van der Waals surface area contributed by atoms with Gasteiger partial charge in [0.05, 0.1) is 5.60 Å². The molecule has 1 N–H and O–H groups in total. The molecule has 0 aromatic carbocycles. The van der Waals surface area contributed by atoms with Crippen LogP contribution in [0.2, 0.25) is 0 Å². The van der Waals surface area contributed by atoms with E-state index in [1.165, 1.54) is 0 Å². The first-order chi connectivity index (χ1) is 9.28. The zero-order chi connectivity index (χ0) is 15.0. The fraction of sp³-hybridized carbons (Fsp3) is 0.786. The lowest BCUT2D eigenvalue weighted by molar-refractivity contribution is -0.182. The monoisotopic (exact) mass is 281 g/mol. The zero-order valence-corrected chi connectivity index (χ0v) is 12.8. The molecule has 1 aliphatic rings. The van der Waals surface area contributed by atoms with Gasteiger partial charge in [0.25, 0.3) is 0 Å². The predicted molar refractivity (Wildman–Crippen MR) is 73.1 cm³/mol. The van der Waals surface area contributed by atoms with Crippen molar-refractivity contribution >= 4 is 5.91 Å². The SMILES string of the molecule is CO[C@@]1(C)C[C@H](NC(=O)CCc2nc(C)no2)C1(C)C. The molecule has 1 aromatic heterocycles. The normalized spacial score (nSPS) is 27.9. The number of rotatable bonds is 5. The molecule has 1 saturated carbocycles.